The highest BCUT2D eigenvalue weighted by Gasteiger charge is 2.01. The number of aromatic nitrogens is 1. The van der Waals surface area contributed by atoms with Gasteiger partial charge in [-0.3, -0.25) is 9.78 Å². The van der Waals surface area contributed by atoms with Crippen molar-refractivity contribution in [2.75, 3.05) is 5.75 Å². The first-order valence-electron chi connectivity index (χ1n) is 5.51. The SMILES string of the molecule is O=C1C=NSC1.c1ccc(-c2ccccn2)cc1. The number of pyridine rings is 1. The van der Waals surface area contributed by atoms with Crippen LogP contribution in [0.1, 0.15) is 0 Å². The first-order valence-corrected chi connectivity index (χ1v) is 6.45. The molecule has 4 heteroatoms. The molecular weight excluding hydrogens is 244 g/mol. The number of carbonyl (C=O) groups is 1. The fourth-order valence-corrected chi connectivity index (χ4v) is 1.85. The van der Waals surface area contributed by atoms with Crippen LogP contribution in [0.3, 0.4) is 0 Å². The lowest BCUT2D eigenvalue weighted by Crippen LogP contribution is -1.93. The van der Waals surface area contributed by atoms with E-state index in [1.165, 1.54) is 18.2 Å². The molecule has 1 aliphatic heterocycles. The fourth-order valence-electron chi connectivity index (χ4n) is 1.38. The average Bonchev–Trinajstić information content (AvgIpc) is 2.93. The van der Waals surface area contributed by atoms with Gasteiger partial charge in [0.25, 0.3) is 0 Å². The van der Waals surface area contributed by atoms with E-state index in [-0.39, 0.29) is 5.78 Å². The highest BCUT2D eigenvalue weighted by molar-refractivity contribution is 7.99. The van der Waals surface area contributed by atoms with E-state index in [4.69, 9.17) is 0 Å². The summed E-state index contributed by atoms with van der Waals surface area (Å²) in [4.78, 5) is 14.3. The van der Waals surface area contributed by atoms with Crippen LogP contribution in [0.4, 0.5) is 0 Å². The second-order valence-corrected chi connectivity index (χ2v) is 4.31. The van der Waals surface area contributed by atoms with Crippen LogP contribution in [0.5, 0.6) is 0 Å². The number of hydrogen-bond acceptors (Lipinski definition) is 4. The van der Waals surface area contributed by atoms with Gasteiger partial charge in [0.05, 0.1) is 17.7 Å². The Morgan fingerprint density at radius 1 is 1.00 bits per heavy atom. The largest absolute Gasteiger partial charge is 0.292 e. The molecule has 0 atom stereocenters. The van der Waals surface area contributed by atoms with Crippen molar-refractivity contribution >= 4 is 23.9 Å². The van der Waals surface area contributed by atoms with Crippen LogP contribution in [0.2, 0.25) is 0 Å². The molecule has 3 rings (SSSR count). The third kappa shape index (κ3) is 3.82. The summed E-state index contributed by atoms with van der Waals surface area (Å²) in [5, 5.41) is 0. The molecule has 0 unspecified atom stereocenters. The third-order valence-corrected chi connectivity index (χ3v) is 2.88. The maximum Gasteiger partial charge on any atom is 0.186 e. The van der Waals surface area contributed by atoms with E-state index in [9.17, 15) is 4.79 Å². The zero-order valence-corrected chi connectivity index (χ0v) is 10.5. The van der Waals surface area contributed by atoms with E-state index in [2.05, 4.69) is 21.5 Å². The molecule has 90 valence electrons. The Morgan fingerprint density at radius 3 is 2.28 bits per heavy atom. The van der Waals surface area contributed by atoms with Crippen molar-refractivity contribution in [1.82, 2.24) is 4.98 Å². The van der Waals surface area contributed by atoms with Crippen molar-refractivity contribution in [3.8, 4) is 11.3 Å². The van der Waals surface area contributed by atoms with Crippen LogP contribution in [-0.2, 0) is 4.79 Å². The second kappa shape index (κ2) is 6.71. The summed E-state index contributed by atoms with van der Waals surface area (Å²) >= 11 is 1.30. The van der Waals surface area contributed by atoms with E-state index in [0.29, 0.717) is 5.75 Å². The van der Waals surface area contributed by atoms with Gasteiger partial charge in [-0.2, -0.15) is 0 Å². The Labute approximate surface area is 110 Å². The van der Waals surface area contributed by atoms with Gasteiger partial charge in [0.2, 0.25) is 0 Å². The van der Waals surface area contributed by atoms with Gasteiger partial charge >= 0.3 is 0 Å². The third-order valence-electron chi connectivity index (χ3n) is 2.21. The highest BCUT2D eigenvalue weighted by atomic mass is 32.2. The summed E-state index contributed by atoms with van der Waals surface area (Å²) < 4.78 is 3.61. The van der Waals surface area contributed by atoms with E-state index < -0.39 is 0 Å². The molecule has 3 nitrogen and oxygen atoms in total. The van der Waals surface area contributed by atoms with Crippen molar-refractivity contribution in [2.24, 2.45) is 4.40 Å². The number of benzene rings is 1. The van der Waals surface area contributed by atoms with Crippen LogP contribution in [-0.4, -0.2) is 22.7 Å². The van der Waals surface area contributed by atoms with Crippen molar-refractivity contribution in [1.29, 1.82) is 0 Å². The number of nitrogens with zero attached hydrogens (tertiary/aromatic N) is 2. The summed E-state index contributed by atoms with van der Waals surface area (Å²) in [6.07, 6.45) is 3.16. The van der Waals surface area contributed by atoms with Crippen molar-refractivity contribution in [3.05, 3.63) is 54.7 Å². The van der Waals surface area contributed by atoms with Gasteiger partial charge in [0.1, 0.15) is 0 Å². The Hall–Kier alpha value is -1.94. The summed E-state index contributed by atoms with van der Waals surface area (Å²) in [6.45, 7) is 0. The number of Topliss-reactive ketones (excluding diaryl/α,β-unsaturated/α-hetero) is 1. The molecule has 2 aromatic rings. The Morgan fingerprint density at radius 2 is 1.78 bits per heavy atom. The predicted molar refractivity (Wildman–Crippen MR) is 75.6 cm³/mol. The second-order valence-electron chi connectivity index (χ2n) is 3.56. The molecular formula is C14H12N2OS. The Kier molecular flexibility index (Phi) is 4.67. The zero-order chi connectivity index (χ0) is 12.6. The van der Waals surface area contributed by atoms with E-state index in [0.717, 1.165) is 11.3 Å². The molecule has 1 aromatic heterocycles. The fraction of sp³-hybridized carbons (Fsp3) is 0.0714. The molecule has 18 heavy (non-hydrogen) atoms. The molecule has 0 spiro atoms. The monoisotopic (exact) mass is 256 g/mol. The van der Waals surface area contributed by atoms with E-state index in [1.807, 2.05) is 42.6 Å². The number of carbonyl (C=O) groups excluding carboxylic acids is 1. The van der Waals surface area contributed by atoms with E-state index >= 15 is 0 Å². The van der Waals surface area contributed by atoms with E-state index in [1.54, 1.807) is 0 Å². The molecule has 0 fully saturated rings. The van der Waals surface area contributed by atoms with Crippen LogP contribution in [0, 0.1) is 0 Å². The lowest BCUT2D eigenvalue weighted by atomic mass is 10.1. The van der Waals surface area contributed by atoms with Gasteiger partial charge in [0, 0.05) is 11.8 Å². The number of ketones is 1. The molecule has 0 aliphatic carbocycles. The maximum absolute atomic E-state index is 10.1. The highest BCUT2D eigenvalue weighted by Crippen LogP contribution is 2.14. The van der Waals surface area contributed by atoms with Gasteiger partial charge in [0.15, 0.2) is 5.78 Å². The van der Waals surface area contributed by atoms with Crippen molar-refractivity contribution in [3.63, 3.8) is 0 Å². The summed E-state index contributed by atoms with van der Waals surface area (Å²) in [5.41, 5.74) is 2.19. The minimum absolute atomic E-state index is 0.125. The molecule has 2 heterocycles. The van der Waals surface area contributed by atoms with Crippen LogP contribution >= 0.6 is 11.9 Å². The van der Waals surface area contributed by atoms with Crippen molar-refractivity contribution in [2.45, 2.75) is 0 Å². The maximum atomic E-state index is 10.1. The lowest BCUT2D eigenvalue weighted by molar-refractivity contribution is -0.110. The minimum atomic E-state index is 0.125. The summed E-state index contributed by atoms with van der Waals surface area (Å²) in [5.74, 6) is 0.667. The number of hydrogen-bond donors (Lipinski definition) is 0. The van der Waals surface area contributed by atoms with Gasteiger partial charge < -0.3 is 0 Å². The van der Waals surface area contributed by atoms with Gasteiger partial charge in [-0.15, -0.1) is 0 Å². The molecule has 0 radical (unpaired) electrons. The lowest BCUT2D eigenvalue weighted by Gasteiger charge is -1.97. The standard InChI is InChI=1S/C11H9N.C3H3NOS/c1-2-6-10(7-3-1)11-8-4-5-9-12-11;5-3-1-4-6-2-3/h1-9H;1H,2H2. The molecule has 0 saturated heterocycles. The summed E-state index contributed by atoms with van der Waals surface area (Å²) in [6, 6.07) is 16.1. The smallest absolute Gasteiger partial charge is 0.186 e. The zero-order valence-electron chi connectivity index (χ0n) is 9.69. The van der Waals surface area contributed by atoms with Gasteiger partial charge in [-0.1, -0.05) is 36.4 Å². The van der Waals surface area contributed by atoms with Crippen LogP contribution < -0.4 is 0 Å². The van der Waals surface area contributed by atoms with Gasteiger partial charge in [-0.25, -0.2) is 4.40 Å². The van der Waals surface area contributed by atoms with Crippen molar-refractivity contribution < 1.29 is 4.79 Å². The molecule has 0 saturated carbocycles. The normalized spacial score (nSPS) is 13.0. The van der Waals surface area contributed by atoms with Gasteiger partial charge in [-0.05, 0) is 24.1 Å². The average molecular weight is 256 g/mol. The summed E-state index contributed by atoms with van der Waals surface area (Å²) in [7, 11) is 0. The first kappa shape index (κ1) is 12.5. The molecule has 0 N–H and O–H groups in total. The quantitative estimate of drug-likeness (QED) is 0.736. The van der Waals surface area contributed by atoms with Crippen LogP contribution in [0.25, 0.3) is 11.3 Å². The Balaban J connectivity index is 0.000000169. The van der Waals surface area contributed by atoms with Crippen LogP contribution in [0.15, 0.2) is 59.1 Å². The predicted octanol–water partition coefficient (Wildman–Crippen LogP) is 3.04. The molecule has 1 aromatic carbocycles. The molecule has 1 aliphatic rings. The Bertz CT molecular complexity index is 489. The topological polar surface area (TPSA) is 42.3 Å². The first-order chi connectivity index (χ1) is 8.86. The molecule has 0 bridgehead atoms. The number of rotatable bonds is 1. The minimum Gasteiger partial charge on any atom is -0.292 e. The molecule has 0 amide bonds.